The van der Waals surface area contributed by atoms with Crippen LogP contribution in [0.3, 0.4) is 0 Å². The van der Waals surface area contributed by atoms with Crippen molar-refractivity contribution < 1.29 is 22.4 Å². The number of sulfonamides is 1. The van der Waals surface area contributed by atoms with Gasteiger partial charge in [0.2, 0.25) is 11.8 Å². The van der Waals surface area contributed by atoms with Crippen LogP contribution in [-0.2, 0) is 32.6 Å². The van der Waals surface area contributed by atoms with Crippen molar-refractivity contribution in [2.45, 2.75) is 44.7 Å². The van der Waals surface area contributed by atoms with E-state index in [2.05, 4.69) is 5.32 Å². The third-order valence-electron chi connectivity index (χ3n) is 7.48. The first-order chi connectivity index (χ1) is 20.5. The maximum absolute atomic E-state index is 14.9. The molecule has 0 heterocycles. The minimum atomic E-state index is -4.21. The molecule has 0 bridgehead atoms. The molecule has 0 fully saturated rings. The molecule has 0 saturated heterocycles. The van der Waals surface area contributed by atoms with Crippen molar-refractivity contribution >= 4 is 27.5 Å². The highest BCUT2D eigenvalue weighted by Gasteiger charge is 2.34. The maximum Gasteiger partial charge on any atom is 0.264 e. The lowest BCUT2D eigenvalue weighted by Crippen LogP contribution is -2.53. The van der Waals surface area contributed by atoms with Crippen molar-refractivity contribution in [2.24, 2.45) is 0 Å². The fourth-order valence-corrected chi connectivity index (χ4v) is 6.18. The predicted octanol–water partition coefficient (Wildman–Crippen LogP) is 5.33. The number of benzene rings is 4. The molecule has 0 saturated carbocycles. The molecule has 0 aliphatic rings. The molecular weight excluding hydrogens is 565 g/mol. The number of rotatable bonds is 11. The third kappa shape index (κ3) is 7.48. The van der Waals surface area contributed by atoms with E-state index in [9.17, 15) is 22.4 Å². The lowest BCUT2D eigenvalue weighted by atomic mass is 10.0. The Morgan fingerprint density at radius 3 is 2.12 bits per heavy atom. The van der Waals surface area contributed by atoms with E-state index in [-0.39, 0.29) is 23.4 Å². The van der Waals surface area contributed by atoms with Gasteiger partial charge in [-0.25, -0.2) is 12.8 Å². The number of anilines is 1. The zero-order valence-corrected chi connectivity index (χ0v) is 25.6. The fraction of sp³-hybridized carbons (Fsp3) is 0.235. The molecule has 2 amide bonds. The van der Waals surface area contributed by atoms with Crippen LogP contribution in [0.15, 0.2) is 102 Å². The number of likely N-dealkylation sites (N-methyl/N-ethyl adjacent to an activating group) is 1. The molecule has 1 atom stereocenters. The van der Waals surface area contributed by atoms with Gasteiger partial charge in [0.25, 0.3) is 10.0 Å². The molecule has 0 unspecified atom stereocenters. The van der Waals surface area contributed by atoms with Gasteiger partial charge in [0.05, 0.1) is 10.6 Å². The van der Waals surface area contributed by atoms with Crippen LogP contribution in [0.25, 0.3) is 0 Å². The molecule has 4 aromatic rings. The van der Waals surface area contributed by atoms with E-state index in [1.807, 2.05) is 51.1 Å². The molecule has 1 N–H and O–H groups in total. The Hall–Kier alpha value is -4.50. The monoisotopic (exact) mass is 601 g/mol. The van der Waals surface area contributed by atoms with Gasteiger partial charge in [0.15, 0.2) is 0 Å². The standard InChI is InChI=1S/C34H36FN3O4S/c1-24-14-18-30(19-15-24)43(41,42)38(29-17-16-25(2)26(3)20-29)23-33(39)37(22-28-12-8-9-13-31(28)35)32(34(40)36-4)21-27-10-6-5-7-11-27/h5-20,32H,21-23H2,1-4H3,(H,36,40)/t32-/m1/s1. The zero-order valence-electron chi connectivity index (χ0n) is 24.7. The first-order valence-corrected chi connectivity index (χ1v) is 15.4. The van der Waals surface area contributed by atoms with Crippen molar-refractivity contribution in [3.05, 3.63) is 131 Å². The van der Waals surface area contributed by atoms with Gasteiger partial charge in [-0.15, -0.1) is 0 Å². The van der Waals surface area contributed by atoms with E-state index in [0.29, 0.717) is 5.69 Å². The number of halogens is 1. The molecular formula is C34H36FN3O4S. The van der Waals surface area contributed by atoms with Gasteiger partial charge in [-0.3, -0.25) is 13.9 Å². The first-order valence-electron chi connectivity index (χ1n) is 14.0. The molecule has 0 spiro atoms. The van der Waals surface area contributed by atoms with Gasteiger partial charge in [0.1, 0.15) is 18.4 Å². The highest BCUT2D eigenvalue weighted by molar-refractivity contribution is 7.92. The van der Waals surface area contributed by atoms with Gasteiger partial charge in [-0.1, -0.05) is 72.3 Å². The molecule has 0 radical (unpaired) electrons. The summed E-state index contributed by atoms with van der Waals surface area (Å²) in [5, 5.41) is 2.62. The van der Waals surface area contributed by atoms with E-state index in [1.165, 1.54) is 30.1 Å². The van der Waals surface area contributed by atoms with E-state index in [4.69, 9.17) is 0 Å². The number of amides is 2. The van der Waals surface area contributed by atoms with Crippen molar-refractivity contribution in [1.82, 2.24) is 10.2 Å². The number of carbonyl (C=O) groups excluding carboxylic acids is 2. The minimum Gasteiger partial charge on any atom is -0.357 e. The summed E-state index contributed by atoms with van der Waals surface area (Å²) in [5.41, 5.74) is 4.01. The Morgan fingerprint density at radius 2 is 1.49 bits per heavy atom. The first kappa shape index (κ1) is 31.4. The molecule has 4 aromatic carbocycles. The smallest absolute Gasteiger partial charge is 0.264 e. The SMILES string of the molecule is CNC(=O)[C@@H](Cc1ccccc1)N(Cc1ccccc1F)C(=O)CN(c1ccc(C)c(C)c1)S(=O)(=O)c1ccc(C)cc1. The van der Waals surface area contributed by atoms with E-state index in [1.54, 1.807) is 48.5 Å². The summed E-state index contributed by atoms with van der Waals surface area (Å²) in [7, 11) is -2.74. The van der Waals surface area contributed by atoms with Gasteiger partial charge < -0.3 is 10.2 Å². The molecule has 43 heavy (non-hydrogen) atoms. The largest absolute Gasteiger partial charge is 0.357 e. The van der Waals surface area contributed by atoms with Crippen LogP contribution in [0.1, 0.15) is 27.8 Å². The lowest BCUT2D eigenvalue weighted by molar-refractivity contribution is -0.139. The summed E-state index contributed by atoms with van der Waals surface area (Å²) >= 11 is 0. The number of hydrogen-bond acceptors (Lipinski definition) is 4. The topological polar surface area (TPSA) is 86.8 Å². The van der Waals surface area contributed by atoms with Gasteiger partial charge in [0, 0.05) is 25.6 Å². The van der Waals surface area contributed by atoms with Crippen LogP contribution in [-0.4, -0.2) is 44.8 Å². The molecule has 9 heteroatoms. The summed E-state index contributed by atoms with van der Waals surface area (Å²) < 4.78 is 44.1. The van der Waals surface area contributed by atoms with Crippen LogP contribution in [0.2, 0.25) is 0 Å². The number of hydrogen-bond donors (Lipinski definition) is 1. The van der Waals surface area contributed by atoms with E-state index in [0.717, 1.165) is 26.6 Å². The second-order valence-electron chi connectivity index (χ2n) is 10.5. The molecule has 7 nitrogen and oxygen atoms in total. The van der Waals surface area contributed by atoms with Gasteiger partial charge in [-0.05, 0) is 67.8 Å². The zero-order chi connectivity index (χ0) is 31.1. The number of nitrogens with zero attached hydrogens (tertiary/aromatic N) is 2. The quantitative estimate of drug-likeness (QED) is 0.252. The summed E-state index contributed by atoms with van der Waals surface area (Å²) in [4.78, 5) is 28.9. The summed E-state index contributed by atoms with van der Waals surface area (Å²) in [6.45, 7) is 4.80. The summed E-state index contributed by atoms with van der Waals surface area (Å²) in [6.07, 6.45) is 0.148. The van der Waals surface area contributed by atoms with Crippen LogP contribution in [0.4, 0.5) is 10.1 Å². The molecule has 0 aromatic heterocycles. The average molecular weight is 602 g/mol. The Morgan fingerprint density at radius 1 is 0.837 bits per heavy atom. The second kappa shape index (κ2) is 13.6. The Bertz CT molecular complexity index is 1690. The Balaban J connectivity index is 1.81. The predicted molar refractivity (Wildman–Crippen MR) is 167 cm³/mol. The summed E-state index contributed by atoms with van der Waals surface area (Å²) in [6, 6.07) is 25.7. The van der Waals surface area contributed by atoms with E-state index < -0.39 is 40.2 Å². The number of aryl methyl sites for hydroxylation is 3. The van der Waals surface area contributed by atoms with Crippen LogP contribution in [0.5, 0.6) is 0 Å². The Kier molecular flexibility index (Phi) is 9.98. The lowest BCUT2D eigenvalue weighted by Gasteiger charge is -2.33. The maximum atomic E-state index is 14.9. The van der Waals surface area contributed by atoms with Gasteiger partial charge >= 0.3 is 0 Å². The minimum absolute atomic E-state index is 0.0249. The second-order valence-corrected chi connectivity index (χ2v) is 12.4. The fourth-order valence-electron chi connectivity index (χ4n) is 4.78. The molecule has 4 rings (SSSR count). The molecule has 0 aliphatic heterocycles. The van der Waals surface area contributed by atoms with Crippen LogP contribution in [0, 0.1) is 26.6 Å². The van der Waals surface area contributed by atoms with Crippen molar-refractivity contribution in [2.75, 3.05) is 17.9 Å². The molecule has 224 valence electrons. The normalized spacial score (nSPS) is 11.9. The van der Waals surface area contributed by atoms with Crippen molar-refractivity contribution in [3.63, 3.8) is 0 Å². The number of nitrogens with one attached hydrogen (secondary N) is 1. The van der Waals surface area contributed by atoms with Crippen molar-refractivity contribution in [3.8, 4) is 0 Å². The number of carbonyl (C=O) groups is 2. The third-order valence-corrected chi connectivity index (χ3v) is 9.27. The average Bonchev–Trinajstić information content (AvgIpc) is 3.00. The van der Waals surface area contributed by atoms with Gasteiger partial charge in [-0.2, -0.15) is 0 Å². The van der Waals surface area contributed by atoms with Crippen LogP contribution >= 0.6 is 0 Å². The molecule has 0 aliphatic carbocycles. The van der Waals surface area contributed by atoms with Crippen molar-refractivity contribution in [1.29, 1.82) is 0 Å². The van der Waals surface area contributed by atoms with Crippen LogP contribution < -0.4 is 9.62 Å². The highest BCUT2D eigenvalue weighted by atomic mass is 32.2. The van der Waals surface area contributed by atoms with E-state index >= 15 is 0 Å². The summed E-state index contributed by atoms with van der Waals surface area (Å²) in [5.74, 6) is -1.64. The highest BCUT2D eigenvalue weighted by Crippen LogP contribution is 2.27. The Labute approximate surface area is 253 Å².